The number of hydrogen-bond acceptors (Lipinski definition) is 3. The van der Waals surface area contributed by atoms with E-state index in [1.165, 1.54) is 5.56 Å². The Hall–Kier alpha value is -2.23. The van der Waals surface area contributed by atoms with Crippen molar-refractivity contribution < 1.29 is 14.3 Å². The van der Waals surface area contributed by atoms with Gasteiger partial charge in [0.05, 0.1) is 13.2 Å². The Kier molecular flexibility index (Phi) is 3.69. The molecule has 2 heterocycles. The van der Waals surface area contributed by atoms with Crippen LogP contribution in [-0.2, 0) is 17.7 Å². The molecule has 0 spiro atoms. The van der Waals surface area contributed by atoms with Crippen LogP contribution in [0.25, 0.3) is 0 Å². The van der Waals surface area contributed by atoms with Gasteiger partial charge < -0.3 is 14.0 Å². The van der Waals surface area contributed by atoms with E-state index in [0.717, 1.165) is 17.7 Å². The van der Waals surface area contributed by atoms with Gasteiger partial charge in [-0.1, -0.05) is 18.2 Å². The lowest BCUT2D eigenvalue weighted by molar-refractivity contribution is 0.0510. The van der Waals surface area contributed by atoms with Crippen LogP contribution in [0.3, 0.4) is 0 Å². The van der Waals surface area contributed by atoms with Gasteiger partial charge in [-0.3, -0.25) is 0 Å². The Morgan fingerprint density at radius 3 is 2.95 bits per heavy atom. The van der Waals surface area contributed by atoms with Gasteiger partial charge in [0, 0.05) is 12.6 Å². The van der Waals surface area contributed by atoms with E-state index in [0.29, 0.717) is 18.8 Å². The average Bonchev–Trinajstić information content (AvgIpc) is 3.02. The van der Waals surface area contributed by atoms with Gasteiger partial charge >= 0.3 is 5.97 Å². The van der Waals surface area contributed by atoms with Crippen LogP contribution in [-0.4, -0.2) is 23.2 Å². The maximum atomic E-state index is 12.1. The molecule has 21 heavy (non-hydrogen) atoms. The molecule has 1 atom stereocenters. The summed E-state index contributed by atoms with van der Waals surface area (Å²) in [7, 11) is 0. The third-order valence-corrected chi connectivity index (χ3v) is 3.75. The highest BCUT2D eigenvalue weighted by Gasteiger charge is 2.25. The molecule has 0 saturated heterocycles. The van der Waals surface area contributed by atoms with Crippen molar-refractivity contribution in [3.8, 4) is 5.75 Å². The number of benzene rings is 1. The van der Waals surface area contributed by atoms with E-state index < -0.39 is 0 Å². The Bertz CT molecular complexity index is 635. The first-order chi connectivity index (χ1) is 10.2. The van der Waals surface area contributed by atoms with Crippen LogP contribution in [0.2, 0.25) is 0 Å². The van der Waals surface area contributed by atoms with Crippen molar-refractivity contribution in [2.75, 3.05) is 6.61 Å². The summed E-state index contributed by atoms with van der Waals surface area (Å²) in [5.74, 6) is 0.680. The average molecular weight is 285 g/mol. The van der Waals surface area contributed by atoms with E-state index in [9.17, 15) is 4.79 Å². The molecule has 0 fully saturated rings. The van der Waals surface area contributed by atoms with Gasteiger partial charge in [0.15, 0.2) is 0 Å². The van der Waals surface area contributed by atoms with E-state index in [4.69, 9.17) is 9.47 Å². The second kappa shape index (κ2) is 5.64. The van der Waals surface area contributed by atoms with Gasteiger partial charge in [0.1, 0.15) is 17.5 Å². The topological polar surface area (TPSA) is 40.5 Å². The Morgan fingerprint density at radius 1 is 1.38 bits per heavy atom. The molecule has 4 heteroatoms. The lowest BCUT2D eigenvalue weighted by atomic mass is 10.1. The molecule has 2 aromatic rings. The predicted molar refractivity (Wildman–Crippen MR) is 79.7 cm³/mol. The number of nitrogens with zero attached hydrogens (tertiary/aromatic N) is 1. The summed E-state index contributed by atoms with van der Waals surface area (Å²) in [6.45, 7) is 4.77. The number of ether oxygens (including phenoxy) is 2. The van der Waals surface area contributed by atoms with Gasteiger partial charge in [-0.05, 0) is 37.1 Å². The van der Waals surface area contributed by atoms with Crippen molar-refractivity contribution in [2.45, 2.75) is 32.9 Å². The highest BCUT2D eigenvalue weighted by Crippen LogP contribution is 2.29. The summed E-state index contributed by atoms with van der Waals surface area (Å²) in [4.78, 5) is 12.1. The molecule has 0 saturated carbocycles. The fraction of sp³-hybridized carbons (Fsp3) is 0.353. The first kappa shape index (κ1) is 13.7. The van der Waals surface area contributed by atoms with Crippen LogP contribution >= 0.6 is 0 Å². The van der Waals surface area contributed by atoms with Gasteiger partial charge in [-0.2, -0.15) is 0 Å². The van der Waals surface area contributed by atoms with Crippen molar-refractivity contribution in [2.24, 2.45) is 0 Å². The summed E-state index contributed by atoms with van der Waals surface area (Å²) in [6, 6.07) is 10.0. The molecule has 3 rings (SSSR count). The van der Waals surface area contributed by atoms with E-state index in [2.05, 4.69) is 6.07 Å². The summed E-state index contributed by atoms with van der Waals surface area (Å²) >= 11 is 0. The molecule has 1 aliphatic rings. The fourth-order valence-electron chi connectivity index (χ4n) is 2.79. The smallest absolute Gasteiger partial charge is 0.355 e. The maximum Gasteiger partial charge on any atom is 0.355 e. The molecule has 1 unspecified atom stereocenters. The molecule has 0 radical (unpaired) electrons. The molecule has 4 nitrogen and oxygen atoms in total. The molecule has 0 N–H and O–H groups in total. The van der Waals surface area contributed by atoms with E-state index >= 15 is 0 Å². The van der Waals surface area contributed by atoms with E-state index in [1.807, 2.05) is 48.9 Å². The number of esters is 1. The number of aromatic nitrogens is 1. The third-order valence-electron chi connectivity index (χ3n) is 3.75. The monoisotopic (exact) mass is 285 g/mol. The molecule has 0 bridgehead atoms. The van der Waals surface area contributed by atoms with E-state index in [-0.39, 0.29) is 12.1 Å². The number of carbonyl (C=O) groups excluding carboxylic acids is 1. The Morgan fingerprint density at radius 2 is 2.19 bits per heavy atom. The SMILES string of the molecule is CCOC(=O)c1c(C)ccn1CC1Cc2ccccc2O1. The van der Waals surface area contributed by atoms with Crippen molar-refractivity contribution in [3.63, 3.8) is 0 Å². The number of aryl methyl sites for hydroxylation is 1. The molecule has 0 amide bonds. The van der Waals surface area contributed by atoms with Crippen LogP contribution in [0, 0.1) is 6.92 Å². The van der Waals surface area contributed by atoms with E-state index in [1.54, 1.807) is 0 Å². The normalized spacial score (nSPS) is 16.4. The lowest BCUT2D eigenvalue weighted by Gasteiger charge is -2.14. The predicted octanol–water partition coefficient (Wildman–Crippen LogP) is 2.98. The van der Waals surface area contributed by atoms with Crippen molar-refractivity contribution in [1.82, 2.24) is 4.57 Å². The zero-order chi connectivity index (χ0) is 14.8. The van der Waals surface area contributed by atoms with Gasteiger partial charge in [-0.25, -0.2) is 4.79 Å². The molecular formula is C17H19NO3. The van der Waals surface area contributed by atoms with Crippen LogP contribution in [0.15, 0.2) is 36.5 Å². The van der Waals surface area contributed by atoms with Crippen LogP contribution in [0.5, 0.6) is 5.75 Å². The molecule has 0 aliphatic carbocycles. The number of fused-ring (bicyclic) bond motifs is 1. The van der Waals surface area contributed by atoms with Gasteiger partial charge in [-0.15, -0.1) is 0 Å². The number of para-hydroxylation sites is 1. The van der Waals surface area contributed by atoms with Crippen LogP contribution in [0.1, 0.15) is 28.5 Å². The lowest BCUT2D eigenvalue weighted by Crippen LogP contribution is -2.23. The quantitative estimate of drug-likeness (QED) is 0.811. The van der Waals surface area contributed by atoms with Gasteiger partial charge in [0.2, 0.25) is 0 Å². The minimum absolute atomic E-state index is 0.0578. The first-order valence-electron chi connectivity index (χ1n) is 7.26. The molecule has 1 aromatic heterocycles. The van der Waals surface area contributed by atoms with Crippen molar-refractivity contribution in [3.05, 3.63) is 53.3 Å². The molecule has 1 aliphatic heterocycles. The second-order valence-corrected chi connectivity index (χ2v) is 5.27. The Balaban J connectivity index is 1.77. The molecular weight excluding hydrogens is 266 g/mol. The minimum atomic E-state index is -0.268. The highest BCUT2D eigenvalue weighted by molar-refractivity contribution is 5.89. The standard InChI is InChI=1S/C17H19NO3/c1-3-20-17(19)16-12(2)8-9-18(16)11-14-10-13-6-4-5-7-15(13)21-14/h4-9,14H,3,10-11H2,1-2H3. The third kappa shape index (κ3) is 2.66. The first-order valence-corrected chi connectivity index (χ1v) is 7.26. The van der Waals surface area contributed by atoms with Crippen molar-refractivity contribution >= 4 is 5.97 Å². The number of rotatable bonds is 4. The fourth-order valence-corrected chi connectivity index (χ4v) is 2.79. The highest BCUT2D eigenvalue weighted by atomic mass is 16.5. The molecule has 1 aromatic carbocycles. The zero-order valence-corrected chi connectivity index (χ0v) is 12.3. The second-order valence-electron chi connectivity index (χ2n) is 5.27. The Labute approximate surface area is 124 Å². The van der Waals surface area contributed by atoms with Gasteiger partial charge in [0.25, 0.3) is 0 Å². The van der Waals surface area contributed by atoms with Crippen LogP contribution < -0.4 is 4.74 Å². The summed E-state index contributed by atoms with van der Waals surface area (Å²) in [5.41, 5.74) is 2.78. The summed E-state index contributed by atoms with van der Waals surface area (Å²) in [5, 5.41) is 0. The maximum absolute atomic E-state index is 12.1. The number of hydrogen-bond donors (Lipinski definition) is 0. The van der Waals surface area contributed by atoms with Crippen LogP contribution in [0.4, 0.5) is 0 Å². The van der Waals surface area contributed by atoms with Crippen molar-refractivity contribution in [1.29, 1.82) is 0 Å². The molecule has 110 valence electrons. The largest absolute Gasteiger partial charge is 0.488 e. The zero-order valence-electron chi connectivity index (χ0n) is 12.3. The number of carbonyl (C=O) groups is 1. The summed E-state index contributed by atoms with van der Waals surface area (Å²) in [6.07, 6.45) is 2.85. The minimum Gasteiger partial charge on any atom is -0.488 e. The summed E-state index contributed by atoms with van der Waals surface area (Å²) < 4.78 is 13.0.